The molecule has 0 atom stereocenters. The van der Waals surface area contributed by atoms with E-state index in [1.54, 1.807) is 18.6 Å². The number of imidazole rings is 1. The number of benzene rings is 1. The van der Waals surface area contributed by atoms with Gasteiger partial charge < -0.3 is 5.73 Å². The Balaban J connectivity index is 1.62. The molecule has 0 aliphatic heterocycles. The summed E-state index contributed by atoms with van der Waals surface area (Å²) < 4.78 is 2.08. The zero-order chi connectivity index (χ0) is 21.7. The molecular formula is C25H21N7. The summed E-state index contributed by atoms with van der Waals surface area (Å²) in [6.45, 7) is 1.92. The van der Waals surface area contributed by atoms with E-state index in [4.69, 9.17) is 15.7 Å². The maximum Gasteiger partial charge on any atom is 0.165 e. The molecule has 4 aromatic heterocycles. The largest absolute Gasteiger partial charge is 0.383 e. The smallest absolute Gasteiger partial charge is 0.165 e. The number of nitrogen functional groups attached to an aromatic ring is 1. The summed E-state index contributed by atoms with van der Waals surface area (Å²) in [6, 6.07) is 14.3. The van der Waals surface area contributed by atoms with E-state index in [0.717, 1.165) is 58.2 Å². The van der Waals surface area contributed by atoms with Gasteiger partial charge in [-0.05, 0) is 73.7 Å². The number of rotatable bonds is 3. The van der Waals surface area contributed by atoms with E-state index in [-0.39, 0.29) is 0 Å². The van der Waals surface area contributed by atoms with Gasteiger partial charge in [0.05, 0.1) is 23.1 Å². The number of nitrogens with two attached hydrogens (primary N) is 1. The Kier molecular flexibility index (Phi) is 4.21. The highest BCUT2D eigenvalue weighted by atomic mass is 15.1. The minimum Gasteiger partial charge on any atom is -0.383 e. The molecule has 0 fully saturated rings. The SMILES string of the molecule is Cc1cnc(-c2ccc3nc(-c4cccnc4N)n(-c4ccc5c(c4)CCC5)c3n2)cn1. The van der Waals surface area contributed by atoms with Crippen molar-refractivity contribution in [3.8, 4) is 28.5 Å². The molecular weight excluding hydrogens is 398 g/mol. The molecule has 156 valence electrons. The topological polar surface area (TPSA) is 95.4 Å². The van der Waals surface area contributed by atoms with Crippen LogP contribution in [0.4, 0.5) is 5.82 Å². The van der Waals surface area contributed by atoms with Crippen LogP contribution in [0.5, 0.6) is 0 Å². The Hall–Kier alpha value is -4.13. The molecule has 0 saturated heterocycles. The monoisotopic (exact) mass is 419 g/mol. The van der Waals surface area contributed by atoms with Crippen LogP contribution in [0.1, 0.15) is 23.2 Å². The van der Waals surface area contributed by atoms with Crippen LogP contribution < -0.4 is 5.73 Å². The fourth-order valence-electron chi connectivity index (χ4n) is 4.35. The van der Waals surface area contributed by atoms with E-state index in [0.29, 0.717) is 5.82 Å². The Morgan fingerprint density at radius 3 is 2.62 bits per heavy atom. The molecule has 0 amide bonds. The summed E-state index contributed by atoms with van der Waals surface area (Å²) in [5, 5.41) is 0. The fraction of sp³-hybridized carbons (Fsp3) is 0.160. The van der Waals surface area contributed by atoms with Gasteiger partial charge in [-0.2, -0.15) is 0 Å². The predicted octanol–water partition coefficient (Wildman–Crippen LogP) is 4.32. The molecule has 7 heteroatoms. The van der Waals surface area contributed by atoms with Crippen LogP contribution in [0.25, 0.3) is 39.6 Å². The number of fused-ring (bicyclic) bond motifs is 2. The molecule has 0 spiro atoms. The van der Waals surface area contributed by atoms with Crippen LogP contribution in [0.15, 0.2) is 61.1 Å². The van der Waals surface area contributed by atoms with Crippen molar-refractivity contribution in [3.05, 3.63) is 77.9 Å². The van der Waals surface area contributed by atoms with E-state index in [9.17, 15) is 0 Å². The van der Waals surface area contributed by atoms with Gasteiger partial charge in [-0.1, -0.05) is 6.07 Å². The lowest BCUT2D eigenvalue weighted by atomic mass is 10.1. The summed E-state index contributed by atoms with van der Waals surface area (Å²) in [6.07, 6.45) is 8.61. The third-order valence-electron chi connectivity index (χ3n) is 5.97. The normalized spacial score (nSPS) is 12.9. The second-order valence-electron chi connectivity index (χ2n) is 8.10. The third kappa shape index (κ3) is 3.01. The highest BCUT2D eigenvalue weighted by Crippen LogP contribution is 2.33. The van der Waals surface area contributed by atoms with Crippen molar-refractivity contribution >= 4 is 17.0 Å². The lowest BCUT2D eigenvalue weighted by Crippen LogP contribution is -2.03. The Morgan fingerprint density at radius 2 is 1.78 bits per heavy atom. The molecule has 0 bridgehead atoms. The van der Waals surface area contributed by atoms with Crippen molar-refractivity contribution in [2.24, 2.45) is 0 Å². The molecule has 32 heavy (non-hydrogen) atoms. The van der Waals surface area contributed by atoms with Crippen molar-refractivity contribution < 1.29 is 0 Å². The van der Waals surface area contributed by atoms with Gasteiger partial charge in [-0.3, -0.25) is 14.5 Å². The molecule has 5 aromatic rings. The lowest BCUT2D eigenvalue weighted by molar-refractivity contribution is 0.911. The number of hydrogen-bond donors (Lipinski definition) is 1. The van der Waals surface area contributed by atoms with Gasteiger partial charge in [0, 0.05) is 18.1 Å². The van der Waals surface area contributed by atoms with Crippen LogP contribution in [-0.4, -0.2) is 29.5 Å². The molecule has 0 saturated carbocycles. The quantitative estimate of drug-likeness (QED) is 0.468. The average Bonchev–Trinajstić information content (AvgIpc) is 3.43. The van der Waals surface area contributed by atoms with E-state index in [1.165, 1.54) is 17.5 Å². The minimum atomic E-state index is 0.440. The van der Waals surface area contributed by atoms with E-state index in [2.05, 4.69) is 37.7 Å². The Labute approximate surface area is 185 Å². The van der Waals surface area contributed by atoms with Crippen LogP contribution in [0.3, 0.4) is 0 Å². The van der Waals surface area contributed by atoms with Crippen LogP contribution in [0.2, 0.25) is 0 Å². The Morgan fingerprint density at radius 1 is 0.875 bits per heavy atom. The van der Waals surface area contributed by atoms with Crippen LogP contribution in [-0.2, 0) is 12.8 Å². The summed E-state index contributed by atoms with van der Waals surface area (Å²) in [4.78, 5) is 23.0. The molecule has 2 N–H and O–H groups in total. The van der Waals surface area contributed by atoms with Gasteiger partial charge in [0.25, 0.3) is 0 Å². The molecule has 7 nitrogen and oxygen atoms in total. The number of hydrogen-bond acceptors (Lipinski definition) is 6. The Bertz CT molecular complexity index is 1470. The first kappa shape index (κ1) is 18.6. The van der Waals surface area contributed by atoms with Crippen molar-refractivity contribution in [1.29, 1.82) is 0 Å². The number of nitrogens with zero attached hydrogens (tertiary/aromatic N) is 6. The fourth-order valence-corrected chi connectivity index (χ4v) is 4.35. The zero-order valence-electron chi connectivity index (χ0n) is 17.7. The second kappa shape index (κ2) is 7.23. The minimum absolute atomic E-state index is 0.440. The highest BCUT2D eigenvalue weighted by molar-refractivity contribution is 5.84. The number of pyridine rings is 2. The molecule has 0 unspecified atom stereocenters. The maximum absolute atomic E-state index is 6.24. The molecule has 1 aliphatic rings. The van der Waals surface area contributed by atoms with Gasteiger partial charge in [0.1, 0.15) is 17.0 Å². The van der Waals surface area contributed by atoms with Crippen molar-refractivity contribution in [1.82, 2.24) is 29.5 Å². The predicted molar refractivity (Wildman–Crippen MR) is 124 cm³/mol. The lowest BCUT2D eigenvalue weighted by Gasteiger charge is -2.12. The van der Waals surface area contributed by atoms with Gasteiger partial charge in [0.2, 0.25) is 0 Å². The van der Waals surface area contributed by atoms with Gasteiger partial charge in [-0.25, -0.2) is 15.0 Å². The van der Waals surface area contributed by atoms with Crippen molar-refractivity contribution in [2.75, 3.05) is 5.73 Å². The second-order valence-corrected chi connectivity index (χ2v) is 8.10. The molecule has 6 rings (SSSR count). The van der Waals surface area contributed by atoms with Gasteiger partial charge in [0.15, 0.2) is 11.5 Å². The van der Waals surface area contributed by atoms with Crippen molar-refractivity contribution in [2.45, 2.75) is 26.2 Å². The number of aromatic nitrogens is 6. The maximum atomic E-state index is 6.24. The summed E-state index contributed by atoms with van der Waals surface area (Å²) in [5.41, 5.74) is 14.7. The zero-order valence-corrected chi connectivity index (χ0v) is 17.7. The molecule has 4 heterocycles. The summed E-state index contributed by atoms with van der Waals surface area (Å²) >= 11 is 0. The first-order valence-electron chi connectivity index (χ1n) is 10.7. The first-order valence-corrected chi connectivity index (χ1v) is 10.7. The number of aryl methyl sites for hydroxylation is 3. The summed E-state index contributed by atoms with van der Waals surface area (Å²) in [7, 11) is 0. The van der Waals surface area contributed by atoms with E-state index >= 15 is 0 Å². The molecule has 1 aromatic carbocycles. The molecule has 0 radical (unpaired) electrons. The first-order chi connectivity index (χ1) is 15.7. The van der Waals surface area contributed by atoms with E-state index in [1.807, 2.05) is 31.2 Å². The van der Waals surface area contributed by atoms with Crippen LogP contribution in [0, 0.1) is 6.92 Å². The van der Waals surface area contributed by atoms with Gasteiger partial charge >= 0.3 is 0 Å². The van der Waals surface area contributed by atoms with E-state index < -0.39 is 0 Å². The van der Waals surface area contributed by atoms with Gasteiger partial charge in [-0.15, -0.1) is 0 Å². The highest BCUT2D eigenvalue weighted by Gasteiger charge is 2.20. The third-order valence-corrected chi connectivity index (χ3v) is 5.97. The van der Waals surface area contributed by atoms with Crippen LogP contribution >= 0.6 is 0 Å². The summed E-state index contributed by atoms with van der Waals surface area (Å²) in [5.74, 6) is 1.16. The standard InChI is InChI=1S/C25H21N7/c1-15-13-29-22(14-28-15)20-9-10-21-25(30-20)32(18-8-7-16-4-2-5-17(16)12-18)24(31-21)19-6-3-11-27-23(19)26/h3,6-14H,2,4-5H2,1H3,(H2,26,27). The number of anilines is 1. The average molecular weight is 419 g/mol. The molecule has 1 aliphatic carbocycles. The van der Waals surface area contributed by atoms with Crippen molar-refractivity contribution in [3.63, 3.8) is 0 Å².